The molecular weight excluding hydrogens is 535 g/mol. The Morgan fingerprint density at radius 3 is 1.97 bits per heavy atom. The molecule has 0 aromatic rings. The molecule has 0 heterocycles. The van der Waals surface area contributed by atoms with E-state index in [9.17, 15) is 19.5 Å². The number of carboxylic acid groups (broad SMARTS) is 1. The van der Waals surface area contributed by atoms with Crippen molar-refractivity contribution in [3.05, 3.63) is 12.7 Å². The van der Waals surface area contributed by atoms with Gasteiger partial charge in [0.2, 0.25) is 3.79 Å². The minimum absolute atomic E-state index is 0.273. The fraction of sp³-hybridized carbons (Fsp3) is 0.792. The fourth-order valence-corrected chi connectivity index (χ4v) is 7.34. The summed E-state index contributed by atoms with van der Waals surface area (Å²) in [6, 6.07) is 2.44. The normalized spacial score (nSPS) is 16.1. The zero-order valence-electron chi connectivity index (χ0n) is 21.9. The molecule has 0 amide bonds. The lowest BCUT2D eigenvalue weighted by atomic mass is 9.73. The van der Waals surface area contributed by atoms with Crippen molar-refractivity contribution >= 4 is 61.0 Å². The van der Waals surface area contributed by atoms with Crippen LogP contribution in [-0.2, 0) is 23.5 Å². The van der Waals surface area contributed by atoms with E-state index in [-0.39, 0.29) is 18.1 Å². The first kappa shape index (κ1) is 34.2. The molecule has 0 unspecified atom stereocenters. The van der Waals surface area contributed by atoms with Crippen LogP contribution in [0.25, 0.3) is 0 Å². The van der Waals surface area contributed by atoms with Crippen molar-refractivity contribution in [3.8, 4) is 0 Å². The summed E-state index contributed by atoms with van der Waals surface area (Å²) in [5.41, 5.74) is -1.16. The summed E-state index contributed by atoms with van der Waals surface area (Å²) in [6.07, 6.45) is -0.948. The highest BCUT2D eigenvalue weighted by Crippen LogP contribution is 2.37. The van der Waals surface area contributed by atoms with Crippen LogP contribution in [0.1, 0.15) is 61.3 Å². The van der Waals surface area contributed by atoms with Gasteiger partial charge in [0, 0.05) is 5.41 Å². The zero-order chi connectivity index (χ0) is 27.6. The third kappa shape index (κ3) is 11.0. The van der Waals surface area contributed by atoms with E-state index in [2.05, 4.69) is 6.58 Å². The van der Waals surface area contributed by atoms with Crippen LogP contribution in [0.4, 0.5) is 4.79 Å². The molecule has 0 radical (unpaired) electrons. The zero-order valence-corrected chi connectivity index (χ0v) is 25.1. The number of rotatable bonds is 16. The number of allylic oxidation sites excluding steroid dienone is 1. The molecule has 1 N–H and O–H groups in total. The Kier molecular flexibility index (Phi) is 14.5. The molecule has 0 aliphatic carbocycles. The van der Waals surface area contributed by atoms with Gasteiger partial charge >= 0.3 is 12.1 Å². The highest BCUT2D eigenvalue weighted by atomic mass is 35.6. The topological polar surface area (TPSA) is 99.1 Å². The van der Waals surface area contributed by atoms with Crippen LogP contribution in [0.2, 0.25) is 18.1 Å². The lowest BCUT2D eigenvalue weighted by Gasteiger charge is -2.42. The highest BCUT2D eigenvalue weighted by Gasteiger charge is 2.47. The Balaban J connectivity index is 6.03. The van der Waals surface area contributed by atoms with E-state index in [4.69, 9.17) is 48.7 Å². The van der Waals surface area contributed by atoms with Crippen molar-refractivity contribution < 1.29 is 33.4 Å². The van der Waals surface area contributed by atoms with E-state index in [0.717, 1.165) is 18.1 Å². The van der Waals surface area contributed by atoms with Gasteiger partial charge in [0.1, 0.15) is 18.5 Å². The second-order valence-electron chi connectivity index (χ2n) is 9.56. The molecule has 11 heteroatoms. The molecule has 0 aliphatic rings. The Morgan fingerprint density at radius 1 is 1.06 bits per heavy atom. The number of carbonyl (C=O) groups excluding carboxylic acids is 2. The van der Waals surface area contributed by atoms with Crippen molar-refractivity contribution in [2.45, 2.75) is 95.4 Å². The van der Waals surface area contributed by atoms with Gasteiger partial charge in [-0.05, 0) is 30.5 Å². The van der Waals surface area contributed by atoms with Crippen molar-refractivity contribution in [2.75, 3.05) is 6.61 Å². The standard InChI is InChI=1S/C24H41Cl3O7Si/c1-9-13-16(5)20(33-22(31)32-15-24(25,26)27)17(6)21(30)23(7,8)18(14-19(28)29)34-35(10-2,11-3)12-4/h9,16-18,20H,1,10-15H2,2-8H3,(H,28,29)/t16-,17+,18+,20-/m0/s1. The van der Waals surface area contributed by atoms with Gasteiger partial charge in [-0.1, -0.05) is 89.3 Å². The fourth-order valence-electron chi connectivity index (χ4n) is 4.19. The molecule has 0 saturated carbocycles. The molecule has 0 aliphatic heterocycles. The number of hydrogen-bond donors (Lipinski definition) is 1. The van der Waals surface area contributed by atoms with E-state index >= 15 is 0 Å². The van der Waals surface area contributed by atoms with E-state index < -0.39 is 54.4 Å². The van der Waals surface area contributed by atoms with Crippen LogP contribution >= 0.6 is 34.8 Å². The summed E-state index contributed by atoms with van der Waals surface area (Å²) in [5.74, 6) is -2.39. The Hall–Kier alpha value is -0.803. The minimum Gasteiger partial charge on any atom is -0.481 e. The average molecular weight is 576 g/mol. The number of Topliss-reactive ketones (excluding diaryl/α,β-unsaturated/α-hetero) is 1. The lowest BCUT2D eigenvalue weighted by Crippen LogP contribution is -2.51. The molecule has 4 atom stereocenters. The van der Waals surface area contributed by atoms with Crippen LogP contribution in [-0.4, -0.2) is 53.9 Å². The summed E-state index contributed by atoms with van der Waals surface area (Å²) in [7, 11) is -2.23. The van der Waals surface area contributed by atoms with E-state index in [1.165, 1.54) is 0 Å². The average Bonchev–Trinajstić information content (AvgIpc) is 2.77. The molecule has 0 aromatic heterocycles. The van der Waals surface area contributed by atoms with Gasteiger partial charge in [0.25, 0.3) is 0 Å². The number of carbonyl (C=O) groups is 3. The predicted octanol–water partition coefficient (Wildman–Crippen LogP) is 7.19. The molecule has 0 aromatic carbocycles. The first-order valence-corrected chi connectivity index (χ1v) is 15.6. The van der Waals surface area contributed by atoms with Gasteiger partial charge in [-0.3, -0.25) is 9.59 Å². The van der Waals surface area contributed by atoms with Crippen molar-refractivity contribution in [3.63, 3.8) is 0 Å². The van der Waals surface area contributed by atoms with Crippen LogP contribution in [0.5, 0.6) is 0 Å². The lowest BCUT2D eigenvalue weighted by molar-refractivity contribution is -0.146. The maximum Gasteiger partial charge on any atom is 0.508 e. The molecule has 0 fully saturated rings. The van der Waals surface area contributed by atoms with Gasteiger partial charge in [-0.25, -0.2) is 4.79 Å². The van der Waals surface area contributed by atoms with E-state index in [1.54, 1.807) is 26.8 Å². The quantitative estimate of drug-likeness (QED) is 0.0900. The highest BCUT2D eigenvalue weighted by molar-refractivity contribution is 6.73. The van der Waals surface area contributed by atoms with Crippen LogP contribution < -0.4 is 0 Å². The summed E-state index contributed by atoms with van der Waals surface area (Å²) in [6.45, 7) is 16.2. The van der Waals surface area contributed by atoms with Gasteiger partial charge in [0.15, 0.2) is 8.32 Å². The van der Waals surface area contributed by atoms with E-state index in [1.807, 2.05) is 27.7 Å². The number of hydrogen-bond acceptors (Lipinski definition) is 6. The maximum absolute atomic E-state index is 13.8. The third-order valence-corrected chi connectivity index (χ3v) is 11.7. The second kappa shape index (κ2) is 14.8. The monoisotopic (exact) mass is 574 g/mol. The first-order chi connectivity index (χ1) is 16.0. The Bertz CT molecular complexity index is 712. The number of halogens is 3. The van der Waals surface area contributed by atoms with Crippen molar-refractivity contribution in [1.82, 2.24) is 0 Å². The molecule has 0 bridgehead atoms. The van der Waals surface area contributed by atoms with Crippen LogP contribution in [0, 0.1) is 17.3 Å². The number of ketones is 1. The summed E-state index contributed by atoms with van der Waals surface area (Å²) in [5, 5.41) is 9.59. The predicted molar refractivity (Wildman–Crippen MR) is 143 cm³/mol. The number of alkyl halides is 3. The molecule has 0 rings (SSSR count). The van der Waals surface area contributed by atoms with Crippen LogP contribution in [0.3, 0.4) is 0 Å². The van der Waals surface area contributed by atoms with Crippen molar-refractivity contribution in [2.24, 2.45) is 17.3 Å². The largest absolute Gasteiger partial charge is 0.508 e. The third-order valence-electron chi connectivity index (χ3n) is 6.72. The van der Waals surface area contributed by atoms with Gasteiger partial charge in [-0.2, -0.15) is 0 Å². The van der Waals surface area contributed by atoms with E-state index in [0.29, 0.717) is 6.42 Å². The smallest absolute Gasteiger partial charge is 0.481 e. The summed E-state index contributed by atoms with van der Waals surface area (Å²) >= 11 is 16.9. The van der Waals surface area contributed by atoms with Gasteiger partial charge in [-0.15, -0.1) is 6.58 Å². The number of ether oxygens (including phenoxy) is 2. The van der Waals surface area contributed by atoms with Crippen LogP contribution in [0.15, 0.2) is 12.7 Å². The maximum atomic E-state index is 13.8. The Morgan fingerprint density at radius 2 is 1.57 bits per heavy atom. The number of carboxylic acids is 1. The minimum atomic E-state index is -2.23. The molecule has 7 nitrogen and oxygen atoms in total. The van der Waals surface area contributed by atoms with Crippen molar-refractivity contribution in [1.29, 1.82) is 0 Å². The Labute approximate surface area is 225 Å². The molecular formula is C24H41Cl3O7Si. The second-order valence-corrected chi connectivity index (χ2v) is 16.8. The molecule has 204 valence electrons. The number of aliphatic carboxylic acids is 1. The first-order valence-electron chi connectivity index (χ1n) is 11.9. The van der Waals surface area contributed by atoms with Gasteiger partial charge < -0.3 is 19.0 Å². The van der Waals surface area contributed by atoms with Gasteiger partial charge in [0.05, 0.1) is 18.4 Å². The molecule has 0 saturated heterocycles. The molecule has 35 heavy (non-hydrogen) atoms. The SMILES string of the molecule is C=CC[C@H](C)[C@H](OC(=O)OCC(Cl)(Cl)Cl)[C@@H](C)C(=O)C(C)(C)[C@@H](CC(=O)O)O[Si](CC)(CC)CC. The summed E-state index contributed by atoms with van der Waals surface area (Å²) < 4.78 is 15.1. The molecule has 0 spiro atoms. The summed E-state index contributed by atoms with van der Waals surface area (Å²) in [4.78, 5) is 37.8.